The van der Waals surface area contributed by atoms with Crippen LogP contribution in [0.15, 0.2) is 36.4 Å². The number of benzene rings is 1. The van der Waals surface area contributed by atoms with Crippen LogP contribution in [0.2, 0.25) is 0 Å². The summed E-state index contributed by atoms with van der Waals surface area (Å²) in [4.78, 5) is 0. The third-order valence-electron chi connectivity index (χ3n) is 5.03. The summed E-state index contributed by atoms with van der Waals surface area (Å²) in [6, 6.07) is 8.79. The van der Waals surface area contributed by atoms with Crippen molar-refractivity contribution in [2.45, 2.75) is 44.8 Å². The van der Waals surface area contributed by atoms with Gasteiger partial charge in [-0.3, -0.25) is 0 Å². The van der Waals surface area contributed by atoms with E-state index in [1.54, 1.807) is 0 Å². The molecule has 0 radical (unpaired) electrons. The van der Waals surface area contributed by atoms with Gasteiger partial charge in [0, 0.05) is 17.4 Å². The van der Waals surface area contributed by atoms with Gasteiger partial charge in [0.25, 0.3) is 0 Å². The van der Waals surface area contributed by atoms with E-state index < -0.39 is 0 Å². The van der Waals surface area contributed by atoms with Gasteiger partial charge >= 0.3 is 0 Å². The molecule has 2 heteroatoms. The lowest BCUT2D eigenvalue weighted by molar-refractivity contribution is -0.197. The Morgan fingerprint density at radius 1 is 1.00 bits per heavy atom. The van der Waals surface area contributed by atoms with E-state index in [0.29, 0.717) is 17.8 Å². The predicted molar refractivity (Wildman–Crippen MR) is 92.9 cm³/mol. The van der Waals surface area contributed by atoms with Crippen LogP contribution in [0, 0.1) is 24.2 Å². The minimum atomic E-state index is -0.220. The Morgan fingerprint density at radius 3 is 2.17 bits per heavy atom. The van der Waals surface area contributed by atoms with Crippen molar-refractivity contribution in [3.63, 3.8) is 0 Å². The summed E-state index contributed by atoms with van der Waals surface area (Å²) in [7, 11) is 0. The third-order valence-corrected chi connectivity index (χ3v) is 5.03. The Morgan fingerprint density at radius 2 is 1.61 bits per heavy atom. The van der Waals surface area contributed by atoms with Gasteiger partial charge in [-0.15, -0.1) is 12.3 Å². The van der Waals surface area contributed by atoms with Crippen LogP contribution in [-0.4, -0.2) is 13.2 Å². The van der Waals surface area contributed by atoms with Crippen LogP contribution in [0.3, 0.4) is 0 Å². The van der Waals surface area contributed by atoms with Crippen molar-refractivity contribution in [3.05, 3.63) is 47.5 Å². The topological polar surface area (TPSA) is 18.5 Å². The van der Waals surface area contributed by atoms with E-state index >= 15 is 0 Å². The molecule has 1 saturated heterocycles. The molecule has 0 unspecified atom stereocenters. The summed E-state index contributed by atoms with van der Waals surface area (Å²) in [5.74, 6) is 4.42. The van der Waals surface area contributed by atoms with Crippen LogP contribution < -0.4 is 0 Å². The Bertz CT molecular complexity index is 550. The smallest absolute Gasteiger partial charge is 0.183 e. The summed E-state index contributed by atoms with van der Waals surface area (Å²) in [5, 5.41) is 0. The molecule has 1 aliphatic heterocycles. The molecule has 0 spiro atoms. The predicted octanol–water partition coefficient (Wildman–Crippen LogP) is 4.83. The summed E-state index contributed by atoms with van der Waals surface area (Å²) < 4.78 is 11.7. The molecule has 3 rings (SSSR count). The molecule has 2 nitrogen and oxygen atoms in total. The normalized spacial score (nSPS) is 31.8. The molecule has 1 aromatic carbocycles. The fraction of sp³-hybridized carbons (Fsp3) is 0.524. The zero-order chi connectivity index (χ0) is 16.1. The highest BCUT2D eigenvalue weighted by Crippen LogP contribution is 2.36. The first-order valence-corrected chi connectivity index (χ1v) is 8.72. The van der Waals surface area contributed by atoms with Gasteiger partial charge < -0.3 is 9.47 Å². The number of terminal acetylenes is 1. The largest absolute Gasteiger partial charge is 0.348 e. The first-order valence-electron chi connectivity index (χ1n) is 8.72. The van der Waals surface area contributed by atoms with Gasteiger partial charge in [-0.1, -0.05) is 36.4 Å². The molecule has 122 valence electrons. The average molecular weight is 310 g/mol. The van der Waals surface area contributed by atoms with Crippen molar-refractivity contribution >= 4 is 0 Å². The van der Waals surface area contributed by atoms with Crippen molar-refractivity contribution < 1.29 is 9.47 Å². The molecular formula is C21H26O2. The van der Waals surface area contributed by atoms with E-state index in [4.69, 9.17) is 15.9 Å². The fourth-order valence-electron chi connectivity index (χ4n) is 3.61. The van der Waals surface area contributed by atoms with Crippen molar-refractivity contribution in [1.29, 1.82) is 0 Å². The number of hydrogen-bond donors (Lipinski definition) is 0. The second-order valence-electron chi connectivity index (χ2n) is 6.67. The molecule has 1 saturated carbocycles. The molecule has 1 heterocycles. The average Bonchev–Trinajstić information content (AvgIpc) is 2.63. The molecule has 0 N–H and O–H groups in total. The van der Waals surface area contributed by atoms with Crippen LogP contribution in [0.4, 0.5) is 0 Å². The van der Waals surface area contributed by atoms with Gasteiger partial charge in [-0.05, 0) is 44.1 Å². The van der Waals surface area contributed by atoms with Gasteiger partial charge in [0.15, 0.2) is 6.29 Å². The first-order chi connectivity index (χ1) is 11.3. The van der Waals surface area contributed by atoms with Gasteiger partial charge in [0.1, 0.15) is 0 Å². The molecule has 1 aromatic rings. The molecule has 23 heavy (non-hydrogen) atoms. The second-order valence-corrected chi connectivity index (χ2v) is 6.67. The zero-order valence-corrected chi connectivity index (χ0v) is 13.9. The number of ether oxygens (including phenoxy) is 2. The van der Waals surface area contributed by atoms with E-state index in [2.05, 4.69) is 42.3 Å². The summed E-state index contributed by atoms with van der Waals surface area (Å²) in [6.07, 6.45) is 14.2. The van der Waals surface area contributed by atoms with Gasteiger partial charge in [-0.2, -0.15) is 0 Å². The standard InChI is InChI=1S/C21H26O2/c1-3-5-17-14-22-21(23-15-17)20-12-10-19(11-13-20)18-8-6-16(4-2)7-9-18/h2-3,5,10-13,16-18,21H,6-9,14-15H2,1H3/b5-3+/t16-,17-,18-,21-. The molecular weight excluding hydrogens is 284 g/mol. The van der Waals surface area contributed by atoms with Crippen molar-refractivity contribution in [3.8, 4) is 12.3 Å². The Balaban J connectivity index is 1.57. The van der Waals surface area contributed by atoms with Crippen LogP contribution in [0.1, 0.15) is 55.9 Å². The highest BCUT2D eigenvalue weighted by atomic mass is 16.7. The molecule has 2 aliphatic rings. The molecule has 0 amide bonds. The molecule has 1 aliphatic carbocycles. The molecule has 0 atom stereocenters. The van der Waals surface area contributed by atoms with Gasteiger partial charge in [0.2, 0.25) is 0 Å². The van der Waals surface area contributed by atoms with E-state index in [-0.39, 0.29) is 6.29 Å². The minimum absolute atomic E-state index is 0.220. The number of allylic oxidation sites excluding steroid dienone is 1. The maximum absolute atomic E-state index is 5.85. The second kappa shape index (κ2) is 7.81. The number of hydrogen-bond acceptors (Lipinski definition) is 2. The Labute approximate surface area is 139 Å². The summed E-state index contributed by atoms with van der Waals surface area (Å²) in [6.45, 7) is 3.49. The first kappa shape index (κ1) is 16.3. The minimum Gasteiger partial charge on any atom is -0.348 e. The lowest BCUT2D eigenvalue weighted by atomic mass is 9.79. The highest BCUT2D eigenvalue weighted by molar-refractivity contribution is 5.27. The number of rotatable bonds is 3. The Hall–Kier alpha value is -1.56. The molecule has 0 aromatic heterocycles. The SMILES string of the molecule is C#C[C@H]1CC[C@H](c2ccc([C@H]3OC[C@H](/C=C/C)CO3)cc2)CC1. The van der Waals surface area contributed by atoms with Crippen molar-refractivity contribution in [2.75, 3.05) is 13.2 Å². The zero-order valence-electron chi connectivity index (χ0n) is 13.9. The van der Waals surface area contributed by atoms with E-state index in [0.717, 1.165) is 31.6 Å². The summed E-state index contributed by atoms with van der Waals surface area (Å²) in [5.41, 5.74) is 2.54. The van der Waals surface area contributed by atoms with E-state index in [9.17, 15) is 0 Å². The Kier molecular flexibility index (Phi) is 5.54. The highest BCUT2D eigenvalue weighted by Gasteiger charge is 2.24. The van der Waals surface area contributed by atoms with Gasteiger partial charge in [0.05, 0.1) is 13.2 Å². The van der Waals surface area contributed by atoms with E-state index in [1.165, 1.54) is 18.4 Å². The summed E-state index contributed by atoms with van der Waals surface area (Å²) >= 11 is 0. The lowest BCUT2D eigenvalue weighted by Crippen LogP contribution is -2.25. The van der Waals surface area contributed by atoms with Crippen LogP contribution in [0.5, 0.6) is 0 Å². The maximum Gasteiger partial charge on any atom is 0.183 e. The van der Waals surface area contributed by atoms with Crippen molar-refractivity contribution in [2.24, 2.45) is 11.8 Å². The monoisotopic (exact) mass is 310 g/mol. The van der Waals surface area contributed by atoms with Crippen LogP contribution in [-0.2, 0) is 9.47 Å². The van der Waals surface area contributed by atoms with Crippen LogP contribution in [0.25, 0.3) is 0 Å². The molecule has 0 bridgehead atoms. The van der Waals surface area contributed by atoms with Crippen LogP contribution >= 0.6 is 0 Å². The van der Waals surface area contributed by atoms with E-state index in [1.807, 2.05) is 6.92 Å². The fourth-order valence-corrected chi connectivity index (χ4v) is 3.61. The molecule has 2 fully saturated rings. The lowest BCUT2D eigenvalue weighted by Gasteiger charge is -2.29. The van der Waals surface area contributed by atoms with Gasteiger partial charge in [-0.25, -0.2) is 0 Å². The maximum atomic E-state index is 5.85. The quantitative estimate of drug-likeness (QED) is 0.588. The van der Waals surface area contributed by atoms with Crippen molar-refractivity contribution in [1.82, 2.24) is 0 Å². The third kappa shape index (κ3) is 4.05.